The van der Waals surface area contributed by atoms with Gasteiger partial charge in [-0.05, 0) is 44.4 Å². The van der Waals surface area contributed by atoms with Crippen LogP contribution in [0.2, 0.25) is 0 Å². The van der Waals surface area contributed by atoms with Crippen LogP contribution in [0.4, 0.5) is 4.79 Å². The third-order valence-electron chi connectivity index (χ3n) is 5.26. The summed E-state index contributed by atoms with van der Waals surface area (Å²) in [5.74, 6) is 0.691. The molecule has 0 rings (SSSR count). The predicted octanol–water partition coefficient (Wildman–Crippen LogP) is 8.02. The SMILES string of the molecule is CCCCCCCCC(CCCCCCCC)OC(=O)NCCCC(C)C. The minimum atomic E-state index is -0.208. The normalized spacial score (nSPS) is 11.3. The molecule has 162 valence electrons. The summed E-state index contributed by atoms with van der Waals surface area (Å²) in [6.45, 7) is 9.68. The van der Waals surface area contributed by atoms with Crippen LogP contribution < -0.4 is 5.32 Å². The molecule has 0 aliphatic rings. The molecule has 0 aromatic rings. The molecule has 1 N–H and O–H groups in total. The van der Waals surface area contributed by atoms with E-state index in [4.69, 9.17) is 4.74 Å². The van der Waals surface area contributed by atoms with Gasteiger partial charge in [0.15, 0.2) is 0 Å². The smallest absolute Gasteiger partial charge is 0.407 e. The van der Waals surface area contributed by atoms with Crippen molar-refractivity contribution in [2.75, 3.05) is 6.54 Å². The number of unbranched alkanes of at least 4 members (excludes halogenated alkanes) is 10. The summed E-state index contributed by atoms with van der Waals surface area (Å²) < 4.78 is 5.76. The Morgan fingerprint density at radius 2 is 1.19 bits per heavy atom. The van der Waals surface area contributed by atoms with Crippen LogP contribution in [0.5, 0.6) is 0 Å². The number of carbonyl (C=O) groups is 1. The zero-order valence-corrected chi connectivity index (χ0v) is 19.0. The summed E-state index contributed by atoms with van der Waals surface area (Å²) in [7, 11) is 0. The lowest BCUT2D eigenvalue weighted by atomic mass is 10.0. The van der Waals surface area contributed by atoms with Gasteiger partial charge in [0.2, 0.25) is 0 Å². The van der Waals surface area contributed by atoms with Gasteiger partial charge in [0.05, 0.1) is 0 Å². The van der Waals surface area contributed by atoms with E-state index >= 15 is 0 Å². The maximum absolute atomic E-state index is 12.1. The minimum Gasteiger partial charge on any atom is -0.446 e. The molecule has 0 aliphatic heterocycles. The Morgan fingerprint density at radius 1 is 0.704 bits per heavy atom. The number of hydrogen-bond acceptors (Lipinski definition) is 2. The Hall–Kier alpha value is -0.730. The Morgan fingerprint density at radius 3 is 1.67 bits per heavy atom. The maximum atomic E-state index is 12.1. The standard InChI is InChI=1S/C24H49NO2/c1-5-7-9-11-13-15-19-23(20-16-14-12-10-8-6-2)27-24(26)25-21-17-18-22(3)4/h22-23H,5-21H2,1-4H3,(H,25,26). The Kier molecular flexibility index (Phi) is 19.5. The number of rotatable bonds is 19. The summed E-state index contributed by atoms with van der Waals surface area (Å²) in [5.41, 5.74) is 0. The van der Waals surface area contributed by atoms with Gasteiger partial charge in [0, 0.05) is 6.54 Å². The molecule has 0 unspecified atom stereocenters. The average molecular weight is 384 g/mol. The van der Waals surface area contributed by atoms with Gasteiger partial charge in [-0.1, -0.05) is 91.9 Å². The quantitative estimate of drug-likeness (QED) is 0.229. The van der Waals surface area contributed by atoms with E-state index in [9.17, 15) is 4.79 Å². The zero-order chi connectivity index (χ0) is 20.2. The Balaban J connectivity index is 4.03. The molecule has 27 heavy (non-hydrogen) atoms. The van der Waals surface area contributed by atoms with Gasteiger partial charge in [-0.15, -0.1) is 0 Å². The molecule has 0 fully saturated rings. The molecule has 1 amide bonds. The summed E-state index contributed by atoms with van der Waals surface area (Å²) in [5, 5.41) is 2.94. The third-order valence-corrected chi connectivity index (χ3v) is 5.26. The van der Waals surface area contributed by atoms with E-state index in [0.29, 0.717) is 5.92 Å². The second-order valence-corrected chi connectivity index (χ2v) is 8.60. The van der Waals surface area contributed by atoms with Crippen molar-refractivity contribution >= 4 is 6.09 Å². The van der Waals surface area contributed by atoms with E-state index in [1.807, 2.05) is 0 Å². The molecule has 0 aromatic heterocycles. The lowest BCUT2D eigenvalue weighted by Gasteiger charge is -2.18. The first-order chi connectivity index (χ1) is 13.1. The van der Waals surface area contributed by atoms with Crippen LogP contribution in [0.25, 0.3) is 0 Å². The Labute approximate surface area is 170 Å². The van der Waals surface area contributed by atoms with Crippen molar-refractivity contribution in [3.05, 3.63) is 0 Å². The number of alkyl carbamates (subject to hydrolysis) is 1. The molecule has 0 aliphatic carbocycles. The first kappa shape index (κ1) is 26.3. The molecule has 0 saturated carbocycles. The highest BCUT2D eigenvalue weighted by Crippen LogP contribution is 2.17. The van der Waals surface area contributed by atoms with E-state index in [-0.39, 0.29) is 12.2 Å². The highest BCUT2D eigenvalue weighted by Gasteiger charge is 2.14. The van der Waals surface area contributed by atoms with E-state index in [0.717, 1.165) is 32.2 Å². The molecule has 0 bridgehead atoms. The van der Waals surface area contributed by atoms with Gasteiger partial charge >= 0.3 is 6.09 Å². The average Bonchev–Trinajstić information content (AvgIpc) is 2.64. The van der Waals surface area contributed by atoms with Gasteiger partial charge in [0.25, 0.3) is 0 Å². The van der Waals surface area contributed by atoms with E-state index in [1.165, 1.54) is 77.0 Å². The van der Waals surface area contributed by atoms with Crippen molar-refractivity contribution in [2.24, 2.45) is 5.92 Å². The van der Waals surface area contributed by atoms with Gasteiger partial charge in [-0.25, -0.2) is 4.79 Å². The summed E-state index contributed by atoms with van der Waals surface area (Å²) >= 11 is 0. The number of nitrogens with one attached hydrogen (secondary N) is 1. The highest BCUT2D eigenvalue weighted by molar-refractivity contribution is 5.67. The zero-order valence-electron chi connectivity index (χ0n) is 19.0. The lowest BCUT2D eigenvalue weighted by molar-refractivity contribution is 0.0840. The van der Waals surface area contributed by atoms with Gasteiger partial charge in [-0.3, -0.25) is 0 Å². The minimum absolute atomic E-state index is 0.104. The van der Waals surface area contributed by atoms with Crippen LogP contribution >= 0.6 is 0 Å². The van der Waals surface area contributed by atoms with Gasteiger partial charge < -0.3 is 10.1 Å². The van der Waals surface area contributed by atoms with E-state index in [1.54, 1.807) is 0 Å². The van der Waals surface area contributed by atoms with Crippen molar-refractivity contribution in [2.45, 2.75) is 137 Å². The van der Waals surface area contributed by atoms with E-state index in [2.05, 4.69) is 33.0 Å². The second-order valence-electron chi connectivity index (χ2n) is 8.60. The van der Waals surface area contributed by atoms with Crippen molar-refractivity contribution in [3.8, 4) is 0 Å². The maximum Gasteiger partial charge on any atom is 0.407 e. The molecule has 0 spiro atoms. The van der Waals surface area contributed by atoms with Gasteiger partial charge in [0.1, 0.15) is 6.10 Å². The third kappa shape index (κ3) is 19.8. The topological polar surface area (TPSA) is 38.3 Å². The van der Waals surface area contributed by atoms with Crippen LogP contribution in [0.15, 0.2) is 0 Å². The molecule has 0 aromatic carbocycles. The molecular weight excluding hydrogens is 334 g/mol. The lowest BCUT2D eigenvalue weighted by Crippen LogP contribution is -2.30. The molecule has 3 heteroatoms. The number of ether oxygens (including phenoxy) is 1. The van der Waals surface area contributed by atoms with Gasteiger partial charge in [-0.2, -0.15) is 0 Å². The molecule has 3 nitrogen and oxygen atoms in total. The second kappa shape index (κ2) is 20.0. The van der Waals surface area contributed by atoms with Crippen molar-refractivity contribution < 1.29 is 9.53 Å². The first-order valence-corrected chi connectivity index (χ1v) is 12.0. The van der Waals surface area contributed by atoms with Crippen molar-refractivity contribution in [1.82, 2.24) is 5.32 Å². The molecule has 0 heterocycles. The number of hydrogen-bond donors (Lipinski definition) is 1. The molecule has 0 saturated heterocycles. The summed E-state index contributed by atoms with van der Waals surface area (Å²) in [6.07, 6.45) is 19.6. The monoisotopic (exact) mass is 383 g/mol. The molecule has 0 atom stereocenters. The molecule has 0 radical (unpaired) electrons. The largest absolute Gasteiger partial charge is 0.446 e. The molecular formula is C24H49NO2. The highest BCUT2D eigenvalue weighted by atomic mass is 16.6. The van der Waals surface area contributed by atoms with E-state index < -0.39 is 0 Å². The summed E-state index contributed by atoms with van der Waals surface area (Å²) in [6, 6.07) is 0. The number of amides is 1. The van der Waals surface area contributed by atoms with Crippen LogP contribution in [0, 0.1) is 5.92 Å². The van der Waals surface area contributed by atoms with Crippen LogP contribution in [0.1, 0.15) is 130 Å². The summed E-state index contributed by atoms with van der Waals surface area (Å²) in [4.78, 5) is 12.1. The van der Waals surface area contributed by atoms with Crippen LogP contribution in [-0.2, 0) is 4.74 Å². The fourth-order valence-corrected chi connectivity index (χ4v) is 3.46. The number of carbonyl (C=O) groups excluding carboxylic acids is 1. The fraction of sp³-hybridized carbons (Fsp3) is 0.958. The van der Waals surface area contributed by atoms with Crippen molar-refractivity contribution in [1.29, 1.82) is 0 Å². The van der Waals surface area contributed by atoms with Crippen LogP contribution in [-0.4, -0.2) is 18.7 Å². The van der Waals surface area contributed by atoms with Crippen molar-refractivity contribution in [3.63, 3.8) is 0 Å². The predicted molar refractivity (Wildman–Crippen MR) is 118 cm³/mol. The Bertz CT molecular complexity index is 302. The van der Waals surface area contributed by atoms with Crippen LogP contribution in [0.3, 0.4) is 0 Å². The first-order valence-electron chi connectivity index (χ1n) is 12.0. The fourth-order valence-electron chi connectivity index (χ4n) is 3.46.